The van der Waals surface area contributed by atoms with Crippen molar-refractivity contribution in [2.24, 2.45) is 0 Å². The third-order valence-corrected chi connectivity index (χ3v) is 6.49. The number of aliphatic hydroxyl groups is 4. The summed E-state index contributed by atoms with van der Waals surface area (Å²) in [5, 5.41) is 71.1. The second-order valence-corrected chi connectivity index (χ2v) is 9.35. The Balaban J connectivity index is 1.74. The molecule has 0 bridgehead atoms. The van der Waals surface area contributed by atoms with E-state index in [4.69, 9.17) is 14.2 Å². The lowest BCUT2D eigenvalue weighted by atomic mass is 9.86. The van der Waals surface area contributed by atoms with Crippen molar-refractivity contribution in [3.8, 4) is 28.7 Å². The van der Waals surface area contributed by atoms with Gasteiger partial charge in [0.05, 0.1) is 12.5 Å². The second kappa shape index (κ2) is 10.6. The summed E-state index contributed by atoms with van der Waals surface area (Å²) in [5.74, 6) is -2.37. The van der Waals surface area contributed by atoms with Crippen molar-refractivity contribution in [3.63, 3.8) is 0 Å². The van der Waals surface area contributed by atoms with Crippen LogP contribution in [0.15, 0.2) is 35.9 Å². The van der Waals surface area contributed by atoms with E-state index in [0.29, 0.717) is 0 Å². The summed E-state index contributed by atoms with van der Waals surface area (Å²) in [4.78, 5) is 13.5. The van der Waals surface area contributed by atoms with Crippen molar-refractivity contribution in [1.82, 2.24) is 0 Å². The highest BCUT2D eigenvalue weighted by Crippen LogP contribution is 2.46. The largest absolute Gasteiger partial charge is 0.508 e. The highest BCUT2D eigenvalue weighted by molar-refractivity contribution is 6.07. The molecule has 200 valence electrons. The molecule has 1 saturated heterocycles. The van der Waals surface area contributed by atoms with Gasteiger partial charge in [0.25, 0.3) is 0 Å². The topological polar surface area (TPSA) is 186 Å². The van der Waals surface area contributed by atoms with Crippen LogP contribution in [0.1, 0.15) is 41.3 Å². The van der Waals surface area contributed by atoms with Gasteiger partial charge in [-0.15, -0.1) is 0 Å². The number of phenols is 3. The second-order valence-electron chi connectivity index (χ2n) is 9.35. The number of carbonyl (C=O) groups is 1. The van der Waals surface area contributed by atoms with Gasteiger partial charge >= 0.3 is 0 Å². The summed E-state index contributed by atoms with van der Waals surface area (Å²) in [6.07, 6.45) is -5.74. The fourth-order valence-electron chi connectivity index (χ4n) is 4.39. The van der Waals surface area contributed by atoms with E-state index >= 15 is 0 Å². The number of benzene rings is 2. The molecule has 7 N–H and O–H groups in total. The van der Waals surface area contributed by atoms with Crippen LogP contribution in [0.4, 0.5) is 0 Å². The molecule has 1 fully saturated rings. The third kappa shape index (κ3) is 5.09. The Morgan fingerprint density at radius 3 is 2.46 bits per heavy atom. The molecule has 0 spiro atoms. The number of allylic oxidation sites excluding steroid dienone is 2. The van der Waals surface area contributed by atoms with Gasteiger partial charge in [-0.3, -0.25) is 4.79 Å². The lowest BCUT2D eigenvalue weighted by Gasteiger charge is -2.40. The van der Waals surface area contributed by atoms with Crippen LogP contribution < -0.4 is 9.47 Å². The molecule has 0 aromatic heterocycles. The number of hydrogen-bond donors (Lipinski definition) is 7. The molecular weight excluding hydrogens is 488 g/mol. The number of carbonyl (C=O) groups excluding carboxylic acids is 1. The highest BCUT2D eigenvalue weighted by Gasteiger charge is 2.45. The van der Waals surface area contributed by atoms with Gasteiger partial charge in [0.15, 0.2) is 5.78 Å². The van der Waals surface area contributed by atoms with Crippen LogP contribution in [0.5, 0.6) is 28.7 Å². The first-order valence-corrected chi connectivity index (χ1v) is 11.7. The van der Waals surface area contributed by atoms with Gasteiger partial charge in [0.2, 0.25) is 6.29 Å². The van der Waals surface area contributed by atoms with Gasteiger partial charge in [-0.25, -0.2) is 0 Å². The predicted octanol–water partition coefficient (Wildman–Crippen LogP) is 0.850. The molecule has 0 radical (unpaired) electrons. The van der Waals surface area contributed by atoms with Crippen LogP contribution in [0.3, 0.4) is 0 Å². The van der Waals surface area contributed by atoms with Crippen LogP contribution in [0.25, 0.3) is 0 Å². The molecule has 11 nitrogen and oxygen atoms in total. The van der Waals surface area contributed by atoms with E-state index in [1.807, 2.05) is 13.8 Å². The molecule has 0 aliphatic carbocycles. The van der Waals surface area contributed by atoms with Gasteiger partial charge in [0.1, 0.15) is 65.3 Å². The highest BCUT2D eigenvalue weighted by atomic mass is 16.7. The number of ketones is 1. The molecule has 6 atom stereocenters. The van der Waals surface area contributed by atoms with Gasteiger partial charge in [-0.1, -0.05) is 17.7 Å². The zero-order valence-corrected chi connectivity index (χ0v) is 20.2. The van der Waals surface area contributed by atoms with Gasteiger partial charge in [0, 0.05) is 23.3 Å². The SMILES string of the molecule is CC(C)=CCc1c(O[C@@H]2O[C@H](CO)[C@@H](O)[C@H](O)[C@H]2O)cc2c(c1O)C(=O)[C@@H](c1ccc(O)cc1O)CO2. The van der Waals surface area contributed by atoms with Crippen molar-refractivity contribution in [2.45, 2.75) is 56.9 Å². The normalized spacial score (nSPS) is 27.2. The van der Waals surface area contributed by atoms with Crippen molar-refractivity contribution in [3.05, 3.63) is 52.6 Å². The first-order chi connectivity index (χ1) is 17.5. The zero-order valence-electron chi connectivity index (χ0n) is 20.2. The monoisotopic (exact) mass is 518 g/mol. The summed E-state index contributed by atoms with van der Waals surface area (Å²) >= 11 is 0. The number of aromatic hydroxyl groups is 3. The molecule has 0 unspecified atom stereocenters. The van der Waals surface area contributed by atoms with Crippen LogP contribution in [-0.2, 0) is 11.2 Å². The molecule has 0 amide bonds. The zero-order chi connectivity index (χ0) is 27.0. The molecule has 2 aliphatic heterocycles. The molecule has 11 heteroatoms. The fraction of sp³-hybridized carbons (Fsp3) is 0.423. The minimum atomic E-state index is -1.68. The van der Waals surface area contributed by atoms with E-state index in [0.717, 1.165) is 11.6 Å². The Bertz CT molecular complexity index is 1200. The van der Waals surface area contributed by atoms with Crippen LogP contribution in [-0.4, -0.2) is 85.4 Å². The number of rotatable bonds is 6. The van der Waals surface area contributed by atoms with E-state index in [1.165, 1.54) is 18.2 Å². The van der Waals surface area contributed by atoms with Gasteiger partial charge < -0.3 is 50.0 Å². The van der Waals surface area contributed by atoms with Crippen molar-refractivity contribution in [1.29, 1.82) is 0 Å². The number of aliphatic hydroxyl groups excluding tert-OH is 4. The minimum absolute atomic E-state index is 0.00226. The Morgan fingerprint density at radius 2 is 1.81 bits per heavy atom. The van der Waals surface area contributed by atoms with E-state index in [1.54, 1.807) is 6.08 Å². The smallest absolute Gasteiger partial charge is 0.229 e. The maximum absolute atomic E-state index is 13.5. The number of Topliss-reactive ketones (excluding diaryl/α,β-unsaturated/α-hetero) is 1. The number of phenolic OH excluding ortho intramolecular Hbond substituents is 3. The summed E-state index contributed by atoms with van der Waals surface area (Å²) < 4.78 is 17.0. The van der Waals surface area contributed by atoms with Gasteiger partial charge in [-0.05, 0) is 26.3 Å². The van der Waals surface area contributed by atoms with E-state index in [-0.39, 0.29) is 52.7 Å². The molecule has 0 saturated carbocycles. The molecule has 2 heterocycles. The number of hydrogen-bond acceptors (Lipinski definition) is 11. The fourth-order valence-corrected chi connectivity index (χ4v) is 4.39. The third-order valence-electron chi connectivity index (χ3n) is 6.49. The Morgan fingerprint density at radius 1 is 1.08 bits per heavy atom. The minimum Gasteiger partial charge on any atom is -0.508 e. The Labute approximate surface area is 212 Å². The van der Waals surface area contributed by atoms with Crippen LogP contribution >= 0.6 is 0 Å². The average molecular weight is 519 g/mol. The molecule has 37 heavy (non-hydrogen) atoms. The summed E-state index contributed by atoms with van der Waals surface area (Å²) in [5.41, 5.74) is 1.18. The van der Waals surface area contributed by atoms with Crippen molar-refractivity contribution < 1.29 is 54.8 Å². The van der Waals surface area contributed by atoms with Crippen LogP contribution in [0.2, 0.25) is 0 Å². The number of ether oxygens (including phenoxy) is 3. The molecule has 4 rings (SSSR count). The molecule has 2 aromatic rings. The quantitative estimate of drug-likeness (QED) is 0.269. The molecular formula is C26H30O11. The Kier molecular flexibility index (Phi) is 7.62. The van der Waals surface area contributed by atoms with E-state index in [9.17, 15) is 40.5 Å². The van der Waals surface area contributed by atoms with E-state index in [2.05, 4.69) is 0 Å². The lowest BCUT2D eigenvalue weighted by Crippen LogP contribution is -2.60. The van der Waals surface area contributed by atoms with Crippen molar-refractivity contribution >= 4 is 5.78 Å². The van der Waals surface area contributed by atoms with E-state index < -0.39 is 54.8 Å². The summed E-state index contributed by atoms with van der Waals surface area (Å²) in [6.45, 7) is 2.86. The molecule has 2 aliphatic rings. The predicted molar refractivity (Wildman–Crippen MR) is 128 cm³/mol. The van der Waals surface area contributed by atoms with Gasteiger partial charge in [-0.2, -0.15) is 0 Å². The first kappa shape index (κ1) is 26.7. The first-order valence-electron chi connectivity index (χ1n) is 11.7. The summed E-state index contributed by atoms with van der Waals surface area (Å²) in [6, 6.07) is 5.19. The molecule has 2 aromatic carbocycles. The average Bonchev–Trinajstić information content (AvgIpc) is 2.84. The standard InChI is InChI=1S/C26H30O11/c1-11(2)3-5-14-17(36-26-25(34)24(33)23(32)19(9-27)37-26)8-18-20(21(14)30)22(31)15(10-35-18)13-6-4-12(28)7-16(13)29/h3-4,6-8,15,19,23-30,32-34H,5,9-10H2,1-2H3/t15-,19-,23-,24+,25-,26-/m1/s1. The Hall–Kier alpha value is -3.35. The van der Waals surface area contributed by atoms with Crippen LogP contribution in [0, 0.1) is 0 Å². The maximum atomic E-state index is 13.5. The van der Waals surface area contributed by atoms with Crippen molar-refractivity contribution in [2.75, 3.05) is 13.2 Å². The maximum Gasteiger partial charge on any atom is 0.229 e. The summed E-state index contributed by atoms with van der Waals surface area (Å²) in [7, 11) is 0. The lowest BCUT2D eigenvalue weighted by molar-refractivity contribution is -0.277. The number of fused-ring (bicyclic) bond motifs is 1.